The number of aromatic nitrogens is 4. The molecule has 0 spiro atoms. The molecule has 0 aliphatic rings. The van der Waals surface area contributed by atoms with Crippen LogP contribution in [0.4, 0.5) is 0 Å². The van der Waals surface area contributed by atoms with E-state index in [1.807, 2.05) is 12.1 Å². The van der Waals surface area contributed by atoms with Crippen molar-refractivity contribution in [3.63, 3.8) is 0 Å². The monoisotopic (exact) mass is 818 g/mol. The molecule has 64 heavy (non-hydrogen) atoms. The van der Waals surface area contributed by atoms with Gasteiger partial charge in [0.05, 0.1) is 22.1 Å². The number of rotatable bonds is 7. The Balaban J connectivity index is 1.17. The van der Waals surface area contributed by atoms with Gasteiger partial charge in [-0.3, -0.25) is 0 Å². The zero-order valence-corrected chi connectivity index (χ0v) is 35.6. The maximum absolute atomic E-state index is 5.10. The smallest absolute Gasteiger partial charge is 0.140 e. The number of hydrogen-bond acceptors (Lipinski definition) is 2. The van der Waals surface area contributed by atoms with E-state index in [4.69, 9.17) is 9.97 Å². The number of hydrogen-bond donors (Lipinski definition) is 0. The maximum atomic E-state index is 5.10. The van der Waals surface area contributed by atoms with E-state index in [1.54, 1.807) is 0 Å². The fourth-order valence-corrected chi connectivity index (χ4v) is 9.88. The minimum absolute atomic E-state index is 0.954. The highest BCUT2D eigenvalue weighted by Gasteiger charge is 2.23. The molecule has 0 aliphatic heterocycles. The summed E-state index contributed by atoms with van der Waals surface area (Å²) in [6.45, 7) is 0. The van der Waals surface area contributed by atoms with Crippen molar-refractivity contribution in [2.75, 3.05) is 0 Å². The van der Waals surface area contributed by atoms with Crippen molar-refractivity contribution < 1.29 is 0 Å². The highest BCUT2D eigenvalue weighted by molar-refractivity contribution is 6.22. The molecule has 4 nitrogen and oxygen atoms in total. The highest BCUT2D eigenvalue weighted by Crippen LogP contribution is 2.49. The summed E-state index contributed by atoms with van der Waals surface area (Å²) in [5, 5.41) is 4.79. The van der Waals surface area contributed by atoms with Gasteiger partial charge in [0.15, 0.2) is 0 Å². The first kappa shape index (κ1) is 37.4. The SMILES string of the molecule is Cn1c(-c2ccccc2)nc2ccc(-c3cccc4c(-c5c(-c6ccccc6)cccc5-c5ccccc5)c5cccc(-c6ccc7nc(-c8ccccc8)n(C)c7c6)c5cc34)cc21. The van der Waals surface area contributed by atoms with Crippen molar-refractivity contribution in [1.29, 1.82) is 0 Å². The summed E-state index contributed by atoms with van der Waals surface area (Å²) in [4.78, 5) is 10.2. The van der Waals surface area contributed by atoms with Gasteiger partial charge in [0.1, 0.15) is 11.6 Å². The molecule has 12 aromatic rings. The lowest BCUT2D eigenvalue weighted by molar-refractivity contribution is 0.959. The van der Waals surface area contributed by atoms with Crippen LogP contribution >= 0.6 is 0 Å². The number of fused-ring (bicyclic) bond motifs is 4. The third kappa shape index (κ3) is 6.14. The van der Waals surface area contributed by atoms with Crippen LogP contribution in [0.15, 0.2) is 218 Å². The molecule has 0 radical (unpaired) electrons. The Bertz CT molecular complexity index is 3480. The minimum Gasteiger partial charge on any atom is -0.327 e. The number of nitrogens with zero attached hydrogens (tertiary/aromatic N) is 4. The van der Waals surface area contributed by atoms with E-state index in [9.17, 15) is 0 Å². The molecule has 10 aromatic carbocycles. The average Bonchev–Trinajstić information content (AvgIpc) is 3.88. The Hall–Kier alpha value is -8.34. The molecule has 0 aliphatic carbocycles. The van der Waals surface area contributed by atoms with Crippen LogP contribution in [-0.2, 0) is 14.1 Å². The van der Waals surface area contributed by atoms with E-state index in [1.165, 1.54) is 66.1 Å². The quantitative estimate of drug-likeness (QED) is 0.150. The molecule has 0 fully saturated rings. The second kappa shape index (κ2) is 15.2. The number of aryl methyl sites for hydroxylation is 2. The molecule has 0 saturated carbocycles. The summed E-state index contributed by atoms with van der Waals surface area (Å²) >= 11 is 0. The topological polar surface area (TPSA) is 35.6 Å². The predicted molar refractivity (Wildman–Crippen MR) is 268 cm³/mol. The zero-order chi connectivity index (χ0) is 42.7. The van der Waals surface area contributed by atoms with Crippen molar-refractivity contribution in [2.45, 2.75) is 0 Å². The van der Waals surface area contributed by atoms with Crippen LogP contribution in [0, 0.1) is 0 Å². The van der Waals surface area contributed by atoms with E-state index in [0.29, 0.717) is 0 Å². The van der Waals surface area contributed by atoms with Gasteiger partial charge in [0.25, 0.3) is 0 Å². The van der Waals surface area contributed by atoms with Gasteiger partial charge in [-0.2, -0.15) is 0 Å². The zero-order valence-electron chi connectivity index (χ0n) is 35.6. The van der Waals surface area contributed by atoms with Gasteiger partial charge >= 0.3 is 0 Å². The first-order valence-corrected chi connectivity index (χ1v) is 21.9. The van der Waals surface area contributed by atoms with Crippen LogP contribution in [0.3, 0.4) is 0 Å². The molecule has 12 rings (SSSR count). The van der Waals surface area contributed by atoms with Crippen LogP contribution in [0.5, 0.6) is 0 Å². The lowest BCUT2D eigenvalue weighted by Crippen LogP contribution is -1.95. The summed E-state index contributed by atoms with van der Waals surface area (Å²) in [6.07, 6.45) is 0. The largest absolute Gasteiger partial charge is 0.327 e. The highest BCUT2D eigenvalue weighted by atomic mass is 15.1. The third-order valence-electron chi connectivity index (χ3n) is 13.0. The van der Waals surface area contributed by atoms with Gasteiger partial charge in [-0.15, -0.1) is 0 Å². The first-order valence-electron chi connectivity index (χ1n) is 21.9. The molecule has 0 N–H and O–H groups in total. The average molecular weight is 819 g/mol. The van der Waals surface area contributed by atoms with Crippen molar-refractivity contribution in [2.24, 2.45) is 14.1 Å². The predicted octanol–water partition coefficient (Wildman–Crippen LogP) is 15.4. The van der Waals surface area contributed by atoms with E-state index >= 15 is 0 Å². The van der Waals surface area contributed by atoms with Crippen molar-refractivity contribution >= 4 is 43.6 Å². The van der Waals surface area contributed by atoms with Gasteiger partial charge in [-0.05, 0) is 108 Å². The summed E-state index contributed by atoms with van der Waals surface area (Å²) in [5.74, 6) is 1.91. The lowest BCUT2D eigenvalue weighted by atomic mass is 9.81. The van der Waals surface area contributed by atoms with Crippen LogP contribution in [0.1, 0.15) is 0 Å². The minimum atomic E-state index is 0.954. The third-order valence-corrected chi connectivity index (χ3v) is 13.0. The Morgan fingerprint density at radius 1 is 0.281 bits per heavy atom. The van der Waals surface area contributed by atoms with Crippen LogP contribution in [0.25, 0.3) is 122 Å². The van der Waals surface area contributed by atoms with Crippen molar-refractivity contribution in [1.82, 2.24) is 19.1 Å². The molecule has 0 unspecified atom stereocenters. The van der Waals surface area contributed by atoms with Crippen LogP contribution in [-0.4, -0.2) is 19.1 Å². The molecule has 2 heterocycles. The van der Waals surface area contributed by atoms with Crippen molar-refractivity contribution in [3.05, 3.63) is 218 Å². The number of imidazole rings is 2. The van der Waals surface area contributed by atoms with Crippen LogP contribution < -0.4 is 0 Å². The van der Waals surface area contributed by atoms with Crippen LogP contribution in [0.2, 0.25) is 0 Å². The van der Waals surface area contributed by atoms with E-state index < -0.39 is 0 Å². The molecule has 2 aromatic heterocycles. The van der Waals surface area contributed by atoms with Gasteiger partial charge in [-0.1, -0.05) is 188 Å². The lowest BCUT2D eigenvalue weighted by Gasteiger charge is -2.22. The molecule has 0 bridgehead atoms. The molecule has 302 valence electrons. The number of benzene rings is 10. The molecule has 4 heteroatoms. The Morgan fingerprint density at radius 3 is 1.08 bits per heavy atom. The second-order valence-electron chi connectivity index (χ2n) is 16.6. The van der Waals surface area contributed by atoms with Gasteiger partial charge < -0.3 is 9.13 Å². The maximum Gasteiger partial charge on any atom is 0.140 e. The van der Waals surface area contributed by atoms with Gasteiger partial charge in [0, 0.05) is 25.2 Å². The van der Waals surface area contributed by atoms with Gasteiger partial charge in [-0.25, -0.2) is 9.97 Å². The molecular weight excluding hydrogens is 777 g/mol. The summed E-state index contributed by atoms with van der Waals surface area (Å²) in [5.41, 5.74) is 18.2. The molecule has 0 saturated heterocycles. The molecule has 0 amide bonds. The second-order valence-corrected chi connectivity index (χ2v) is 16.6. The summed E-state index contributed by atoms with van der Waals surface area (Å²) in [6, 6.07) is 78.9. The fraction of sp³-hybridized carbons (Fsp3) is 0.0333. The fourth-order valence-electron chi connectivity index (χ4n) is 9.88. The summed E-state index contributed by atoms with van der Waals surface area (Å²) in [7, 11) is 4.24. The van der Waals surface area contributed by atoms with E-state index in [-0.39, 0.29) is 0 Å². The molecular formula is C60H42N4. The van der Waals surface area contributed by atoms with Crippen molar-refractivity contribution in [3.8, 4) is 78.4 Å². The van der Waals surface area contributed by atoms with Gasteiger partial charge in [0.2, 0.25) is 0 Å². The van der Waals surface area contributed by atoms with E-state index in [2.05, 4.69) is 229 Å². The standard InChI is InChI=1S/C60H42N4/c1-63-55-36-43(32-34-53(55)61-59(63)41-22-11-5-12-23-41)45-26-15-30-49-51(45)38-52-46(44-33-35-54-56(37-44)64(2)60(62-54)42-24-13-6-14-25-42)27-16-31-50(52)58(49)57-47(39-18-7-3-8-19-39)28-17-29-48(57)40-20-9-4-10-21-40/h3-38H,1-2H3. The molecule has 0 atom stereocenters. The Kier molecular flexibility index (Phi) is 8.91. The van der Waals surface area contributed by atoms with E-state index in [0.717, 1.165) is 56.0 Å². The summed E-state index contributed by atoms with van der Waals surface area (Å²) < 4.78 is 4.44. The first-order chi connectivity index (χ1) is 31.6. The Labute approximate surface area is 372 Å². The Morgan fingerprint density at radius 2 is 0.656 bits per heavy atom. The normalized spacial score (nSPS) is 11.6.